The molecule has 2 saturated heterocycles. The van der Waals surface area contributed by atoms with Gasteiger partial charge in [-0.15, -0.1) is 0 Å². The van der Waals surface area contributed by atoms with Gasteiger partial charge in [-0.1, -0.05) is 72.8 Å². The molecule has 2 fully saturated rings. The SMILES string of the molecule is CC1(C)OCC(CO)O1.CC1(C)OCC(COCc2ccc3c(c2)CC(=O)C=C3)O1.COCC(COCc1ccc2c(c1)CC(=O)C=C2)OP(OCCC#N)N(C(C)C)C(C)C.COCC(O)COCc1ccc2c(c1)CC(=O)C=C2. The van der Waals surface area contributed by atoms with Gasteiger partial charge in [-0.25, -0.2) is 4.67 Å². The number of nitrogens with zero attached hydrogens (tertiary/aromatic N) is 2. The van der Waals surface area contributed by atoms with Gasteiger partial charge in [-0.3, -0.25) is 14.4 Å². The van der Waals surface area contributed by atoms with Crippen LogP contribution in [0.1, 0.15) is 112 Å². The van der Waals surface area contributed by atoms with E-state index in [1.807, 2.05) is 101 Å². The minimum atomic E-state index is -1.37. The third-order valence-corrected chi connectivity index (χ3v) is 14.9. The molecule has 18 nitrogen and oxygen atoms in total. The van der Waals surface area contributed by atoms with Crippen LogP contribution in [0.15, 0.2) is 72.8 Å². The monoisotopic (exact) mass is 1140 g/mol. The van der Waals surface area contributed by atoms with Gasteiger partial charge >= 0.3 is 0 Å². The van der Waals surface area contributed by atoms with Crippen LogP contribution < -0.4 is 0 Å². The molecule has 2 N–H and O–H groups in total. The fraction of sp³-hybridized carbons (Fsp3) is 0.548. The first-order valence-corrected chi connectivity index (χ1v) is 28.7. The summed E-state index contributed by atoms with van der Waals surface area (Å²) in [5.41, 5.74) is 9.52. The molecule has 19 heteroatoms. The molecule has 3 aliphatic carbocycles. The van der Waals surface area contributed by atoms with Crippen LogP contribution in [-0.4, -0.2) is 154 Å². The topological polar surface area (TPSA) is 220 Å². The highest BCUT2D eigenvalue weighted by Gasteiger charge is 2.34. The lowest BCUT2D eigenvalue weighted by Crippen LogP contribution is -2.36. The second-order valence-electron chi connectivity index (χ2n) is 21.5. The van der Waals surface area contributed by atoms with Crippen molar-refractivity contribution in [3.63, 3.8) is 0 Å². The number of aliphatic hydroxyl groups is 2. The Morgan fingerprint density at radius 3 is 1.48 bits per heavy atom. The van der Waals surface area contributed by atoms with Crippen molar-refractivity contribution in [2.45, 2.75) is 149 Å². The molecule has 0 bridgehead atoms. The zero-order valence-electron chi connectivity index (χ0n) is 48.9. The number of ether oxygens (including phenoxy) is 9. The van der Waals surface area contributed by atoms with Gasteiger partial charge in [0, 0.05) is 45.6 Å². The van der Waals surface area contributed by atoms with Gasteiger partial charge in [0.2, 0.25) is 0 Å². The van der Waals surface area contributed by atoms with Crippen LogP contribution in [0, 0.1) is 11.3 Å². The van der Waals surface area contributed by atoms with Crippen molar-refractivity contribution in [2.75, 3.05) is 73.7 Å². The van der Waals surface area contributed by atoms with Crippen molar-refractivity contribution in [3.8, 4) is 6.07 Å². The lowest BCUT2D eigenvalue weighted by Gasteiger charge is -2.37. The van der Waals surface area contributed by atoms with E-state index in [0.717, 1.165) is 50.1 Å². The number of nitriles is 1. The summed E-state index contributed by atoms with van der Waals surface area (Å²) in [5, 5.41) is 26.9. The predicted octanol–water partition coefficient (Wildman–Crippen LogP) is 8.62. The lowest BCUT2D eigenvalue weighted by molar-refractivity contribution is -0.145. The zero-order valence-corrected chi connectivity index (χ0v) is 49.8. The molecule has 5 atom stereocenters. The Morgan fingerprint density at radius 2 is 1.09 bits per heavy atom. The third-order valence-electron chi connectivity index (χ3n) is 12.7. The molecule has 0 amide bonds. The fourth-order valence-corrected chi connectivity index (χ4v) is 10.7. The summed E-state index contributed by atoms with van der Waals surface area (Å²) in [6.45, 7) is 20.4. The highest BCUT2D eigenvalue weighted by atomic mass is 31.2. The van der Waals surface area contributed by atoms with Gasteiger partial charge in [-0.05, 0) is 124 Å². The maximum absolute atomic E-state index is 11.7. The summed E-state index contributed by atoms with van der Waals surface area (Å²) < 4.78 is 63.3. The fourth-order valence-electron chi connectivity index (χ4n) is 9.07. The van der Waals surface area contributed by atoms with E-state index in [-0.39, 0.29) is 67.6 Å². The van der Waals surface area contributed by atoms with Crippen molar-refractivity contribution in [1.29, 1.82) is 5.26 Å². The van der Waals surface area contributed by atoms with Crippen LogP contribution in [0.3, 0.4) is 0 Å². The molecule has 0 aromatic heterocycles. The highest BCUT2D eigenvalue weighted by Crippen LogP contribution is 2.47. The quantitative estimate of drug-likeness (QED) is 0.0599. The van der Waals surface area contributed by atoms with Crippen molar-refractivity contribution in [1.82, 2.24) is 4.67 Å². The number of allylic oxidation sites excluding steroid dienone is 3. The van der Waals surface area contributed by atoms with Crippen molar-refractivity contribution >= 4 is 44.1 Å². The molecular weight excluding hydrogens is 1060 g/mol. The lowest BCUT2D eigenvalue weighted by atomic mass is 9.95. The largest absolute Gasteiger partial charge is 0.394 e. The van der Waals surface area contributed by atoms with E-state index < -0.39 is 26.2 Å². The molecule has 2 aliphatic heterocycles. The number of carbonyl (C=O) groups is 3. The molecule has 5 unspecified atom stereocenters. The van der Waals surface area contributed by atoms with Crippen molar-refractivity contribution in [2.24, 2.45) is 0 Å². The van der Waals surface area contributed by atoms with Crippen molar-refractivity contribution in [3.05, 3.63) is 123 Å². The molecule has 81 heavy (non-hydrogen) atoms. The molecule has 0 radical (unpaired) electrons. The number of methoxy groups -OCH3 is 2. The van der Waals surface area contributed by atoms with Crippen LogP contribution in [0.25, 0.3) is 18.2 Å². The number of ketones is 3. The molecule has 5 aliphatic rings. The first kappa shape index (κ1) is 67.0. The van der Waals surface area contributed by atoms with Gasteiger partial charge in [0.1, 0.15) is 24.4 Å². The summed E-state index contributed by atoms with van der Waals surface area (Å²) in [4.78, 5) is 34.5. The number of hydrogen-bond acceptors (Lipinski definition) is 18. The van der Waals surface area contributed by atoms with E-state index in [4.69, 9.17) is 62.0 Å². The minimum Gasteiger partial charge on any atom is -0.394 e. The number of fused-ring (bicyclic) bond motifs is 3. The van der Waals surface area contributed by atoms with Crippen molar-refractivity contribution < 1.29 is 76.3 Å². The third kappa shape index (κ3) is 23.8. The molecular formula is C62H85N2O16P. The van der Waals surface area contributed by atoms with Gasteiger partial charge in [0.15, 0.2) is 28.9 Å². The second-order valence-corrected chi connectivity index (χ2v) is 22.9. The molecule has 3 aromatic rings. The van der Waals surface area contributed by atoms with Gasteiger partial charge in [-0.2, -0.15) is 5.26 Å². The average Bonchev–Trinajstić information content (AvgIpc) is 4.12. The van der Waals surface area contributed by atoms with Crippen LogP contribution in [0.4, 0.5) is 0 Å². The Bertz CT molecular complexity index is 2600. The molecule has 3 aromatic carbocycles. The smallest absolute Gasteiger partial charge is 0.259 e. The summed E-state index contributed by atoms with van der Waals surface area (Å²) in [7, 11) is 1.80. The summed E-state index contributed by atoms with van der Waals surface area (Å²) in [6, 6.07) is 20.7. The van der Waals surface area contributed by atoms with Gasteiger partial charge in [0.25, 0.3) is 8.53 Å². The van der Waals surface area contributed by atoms with E-state index >= 15 is 0 Å². The average molecular weight is 1150 g/mol. The number of rotatable bonds is 25. The standard InChI is InChI=1S/C24H35N2O5P.C17H20O4.C15H18O4.C6H12O3/c1-18(2)26(19(3)4)32(30-12-6-11-25)31-24(16-28-5)17-29-15-20-7-8-21-9-10-23(27)14-22(21)13-20;1-17(2)20-11-16(21-17)10-19-9-12-3-4-13-5-6-15(18)8-14(13)7-12;1-18-9-15(17)10-19-8-11-2-3-12-4-5-14(16)7-13(12)6-11;1-6(2)8-4-5(3-7)9-6/h7-10,13,18-19,24H,6,12,14-17H2,1-5H3;3-7,16H,8-11H2,1-2H3;2-6,15,17H,7-10H2,1H3;5,7H,3-4H2,1-2H3. The number of carbonyl (C=O) groups excluding carboxylic acids is 3. The van der Waals surface area contributed by atoms with Crippen LogP contribution in [0.2, 0.25) is 0 Å². The number of hydrogen-bond donors (Lipinski definition) is 2. The maximum atomic E-state index is 11.7. The van der Waals surface area contributed by atoms with E-state index in [1.54, 1.807) is 25.3 Å². The molecule has 2 heterocycles. The van der Waals surface area contributed by atoms with Gasteiger partial charge in [0.05, 0.1) is 91.8 Å². The Balaban J connectivity index is 0.000000213. The first-order valence-electron chi connectivity index (χ1n) is 27.6. The van der Waals surface area contributed by atoms with Crippen LogP contribution >= 0.6 is 8.53 Å². The van der Waals surface area contributed by atoms with E-state index in [9.17, 15) is 19.5 Å². The number of aliphatic hydroxyl groups excluding tert-OH is 2. The first-order chi connectivity index (χ1) is 38.7. The Labute approximate surface area is 480 Å². The maximum Gasteiger partial charge on any atom is 0.259 e. The van der Waals surface area contributed by atoms with Crippen LogP contribution in [0.5, 0.6) is 0 Å². The molecule has 0 saturated carbocycles. The minimum absolute atomic E-state index is 0.0119. The highest BCUT2D eigenvalue weighted by molar-refractivity contribution is 7.44. The Kier molecular flexibility index (Phi) is 28.3. The molecule has 444 valence electrons. The predicted molar refractivity (Wildman–Crippen MR) is 308 cm³/mol. The van der Waals surface area contributed by atoms with E-state index in [0.29, 0.717) is 85.1 Å². The van der Waals surface area contributed by atoms with Gasteiger partial charge < -0.3 is 61.9 Å². The molecule has 0 spiro atoms. The zero-order chi connectivity index (χ0) is 59.0. The molecule has 8 rings (SSSR count). The Morgan fingerprint density at radius 1 is 0.642 bits per heavy atom. The summed E-state index contributed by atoms with van der Waals surface area (Å²) in [6.07, 6.45) is 11.1. The van der Waals surface area contributed by atoms with E-state index in [1.165, 1.54) is 7.11 Å². The Hall–Kier alpha value is -4.75. The summed E-state index contributed by atoms with van der Waals surface area (Å²) >= 11 is 0. The normalized spacial score (nSPS) is 19.4. The van der Waals surface area contributed by atoms with Crippen LogP contribution in [-0.2, 0) is 105 Å². The summed E-state index contributed by atoms with van der Waals surface area (Å²) in [5.74, 6) is -0.603. The van der Waals surface area contributed by atoms with E-state index in [2.05, 4.69) is 38.4 Å². The second kappa shape index (κ2) is 34.1. The number of benzene rings is 3.